The molecule has 3 nitrogen and oxygen atoms in total. The fraction of sp³-hybridized carbons (Fsp3) is 1.00. The Morgan fingerprint density at radius 2 is 2.10 bits per heavy atom. The van der Waals surface area contributed by atoms with Crippen LogP contribution in [-0.2, 0) is 0 Å². The van der Waals surface area contributed by atoms with Gasteiger partial charge in [-0.25, -0.2) is 0 Å². The maximum Gasteiger partial charge on any atom is 0.0818 e. The maximum atomic E-state index is 9.15. The summed E-state index contributed by atoms with van der Waals surface area (Å²) >= 11 is 0. The highest BCUT2D eigenvalue weighted by Crippen LogP contribution is 2.16. The summed E-state index contributed by atoms with van der Waals surface area (Å²) in [6.07, 6.45) is 2.98. The number of piperidine rings is 1. The lowest BCUT2D eigenvalue weighted by Gasteiger charge is -2.32. The molecule has 0 saturated carbocycles. The molecule has 1 aliphatic heterocycles. The summed E-state index contributed by atoms with van der Waals surface area (Å²) in [6, 6.07) is 0.244. The van der Waals surface area contributed by atoms with Crippen LogP contribution in [0, 0.1) is 0 Å². The molecule has 0 aromatic rings. The molecule has 0 spiro atoms. The molecule has 10 heavy (non-hydrogen) atoms. The number of hydrogen-bond acceptors (Lipinski definition) is 3. The molecule has 0 bridgehead atoms. The van der Waals surface area contributed by atoms with E-state index in [0.717, 1.165) is 19.3 Å². The standard InChI is InChI=1S/C6H14N2O.ClH/c1-5-3-2-4-6(7)8(5)9;/h5-6,9H,2-4,7H2,1H3;1H. The minimum Gasteiger partial charge on any atom is -0.314 e. The highest BCUT2D eigenvalue weighted by molar-refractivity contribution is 5.85. The number of nitrogens with zero attached hydrogens (tertiary/aromatic N) is 1. The minimum atomic E-state index is -0.131. The highest BCUT2D eigenvalue weighted by atomic mass is 35.5. The Bertz CT molecular complexity index is 91.7. The van der Waals surface area contributed by atoms with Crippen LogP contribution in [0.1, 0.15) is 26.2 Å². The molecular weight excluding hydrogens is 152 g/mol. The molecule has 1 aliphatic rings. The summed E-state index contributed by atoms with van der Waals surface area (Å²) in [6.45, 7) is 1.99. The summed E-state index contributed by atoms with van der Waals surface area (Å²) < 4.78 is 0. The van der Waals surface area contributed by atoms with Gasteiger partial charge in [0.2, 0.25) is 0 Å². The average Bonchev–Trinajstić information content (AvgIpc) is 1.83. The smallest absolute Gasteiger partial charge is 0.0818 e. The lowest BCUT2D eigenvalue weighted by molar-refractivity contribution is -0.170. The van der Waals surface area contributed by atoms with Crippen molar-refractivity contribution in [3.05, 3.63) is 0 Å². The fourth-order valence-corrected chi connectivity index (χ4v) is 1.21. The van der Waals surface area contributed by atoms with E-state index in [-0.39, 0.29) is 24.6 Å². The summed E-state index contributed by atoms with van der Waals surface area (Å²) in [5.41, 5.74) is 5.54. The average molecular weight is 167 g/mol. The van der Waals surface area contributed by atoms with Crippen molar-refractivity contribution in [1.82, 2.24) is 5.06 Å². The molecule has 1 fully saturated rings. The van der Waals surface area contributed by atoms with E-state index in [9.17, 15) is 0 Å². The van der Waals surface area contributed by atoms with Crippen molar-refractivity contribution in [2.75, 3.05) is 0 Å². The van der Waals surface area contributed by atoms with Gasteiger partial charge in [0.15, 0.2) is 0 Å². The van der Waals surface area contributed by atoms with E-state index in [1.54, 1.807) is 0 Å². The SMILES string of the molecule is CC1CCCC(N)N1O.Cl. The summed E-state index contributed by atoms with van der Waals surface area (Å²) in [7, 11) is 0. The van der Waals surface area contributed by atoms with E-state index in [0.29, 0.717) is 0 Å². The molecule has 0 radical (unpaired) electrons. The Morgan fingerprint density at radius 1 is 1.50 bits per heavy atom. The van der Waals surface area contributed by atoms with Crippen molar-refractivity contribution in [3.8, 4) is 0 Å². The Balaban J connectivity index is 0.000000810. The van der Waals surface area contributed by atoms with Gasteiger partial charge in [-0.1, -0.05) is 0 Å². The van der Waals surface area contributed by atoms with Gasteiger partial charge < -0.3 is 10.9 Å². The number of hydroxylamine groups is 2. The first-order valence-electron chi connectivity index (χ1n) is 3.44. The normalized spacial score (nSPS) is 35.1. The van der Waals surface area contributed by atoms with Crippen LogP contribution >= 0.6 is 12.4 Å². The Kier molecular flexibility index (Phi) is 4.20. The van der Waals surface area contributed by atoms with Crippen molar-refractivity contribution < 1.29 is 5.21 Å². The topological polar surface area (TPSA) is 49.5 Å². The molecule has 1 saturated heterocycles. The Morgan fingerprint density at radius 3 is 2.50 bits per heavy atom. The van der Waals surface area contributed by atoms with Crippen LogP contribution in [0.15, 0.2) is 0 Å². The largest absolute Gasteiger partial charge is 0.314 e. The van der Waals surface area contributed by atoms with E-state index in [4.69, 9.17) is 10.9 Å². The number of nitrogens with two attached hydrogens (primary N) is 1. The van der Waals surface area contributed by atoms with Gasteiger partial charge in [0.25, 0.3) is 0 Å². The summed E-state index contributed by atoms with van der Waals surface area (Å²) in [5.74, 6) is 0. The fourth-order valence-electron chi connectivity index (χ4n) is 1.21. The molecule has 1 heterocycles. The number of halogens is 1. The van der Waals surface area contributed by atoms with Crippen LogP contribution in [0.5, 0.6) is 0 Å². The molecule has 2 atom stereocenters. The van der Waals surface area contributed by atoms with Gasteiger partial charge in [-0.2, -0.15) is 5.06 Å². The third-order valence-corrected chi connectivity index (χ3v) is 1.91. The molecule has 0 aromatic heterocycles. The van der Waals surface area contributed by atoms with Gasteiger partial charge in [-0.05, 0) is 26.2 Å². The first-order valence-corrected chi connectivity index (χ1v) is 3.44. The van der Waals surface area contributed by atoms with Crippen LogP contribution in [-0.4, -0.2) is 22.5 Å². The first kappa shape index (κ1) is 10.2. The quantitative estimate of drug-likeness (QED) is 0.564. The second-order valence-corrected chi connectivity index (χ2v) is 2.73. The Hall–Kier alpha value is 0.170. The third-order valence-electron chi connectivity index (χ3n) is 1.91. The predicted octanol–water partition coefficient (Wildman–Crippen LogP) is 0.957. The van der Waals surface area contributed by atoms with Crippen molar-refractivity contribution in [2.24, 2.45) is 5.73 Å². The van der Waals surface area contributed by atoms with Crippen molar-refractivity contribution in [3.63, 3.8) is 0 Å². The number of hydrogen-bond donors (Lipinski definition) is 2. The molecule has 1 rings (SSSR count). The molecule has 3 N–H and O–H groups in total. The monoisotopic (exact) mass is 166 g/mol. The zero-order valence-corrected chi connectivity index (χ0v) is 6.97. The molecule has 2 unspecified atom stereocenters. The minimum absolute atomic E-state index is 0. The van der Waals surface area contributed by atoms with Crippen LogP contribution in [0.4, 0.5) is 0 Å². The van der Waals surface area contributed by atoms with E-state index in [2.05, 4.69) is 0 Å². The predicted molar refractivity (Wildman–Crippen MR) is 42.2 cm³/mol. The van der Waals surface area contributed by atoms with Crippen LogP contribution < -0.4 is 5.73 Å². The maximum absolute atomic E-state index is 9.15. The molecule has 4 heteroatoms. The summed E-state index contributed by atoms with van der Waals surface area (Å²) in [5, 5.41) is 10.4. The van der Waals surface area contributed by atoms with Gasteiger partial charge in [-0.3, -0.25) is 0 Å². The second kappa shape index (κ2) is 4.13. The van der Waals surface area contributed by atoms with Gasteiger partial charge in [0.05, 0.1) is 6.17 Å². The zero-order valence-electron chi connectivity index (χ0n) is 6.16. The third kappa shape index (κ3) is 2.09. The second-order valence-electron chi connectivity index (χ2n) is 2.73. The van der Waals surface area contributed by atoms with Gasteiger partial charge >= 0.3 is 0 Å². The van der Waals surface area contributed by atoms with E-state index >= 15 is 0 Å². The van der Waals surface area contributed by atoms with Crippen LogP contribution in [0.2, 0.25) is 0 Å². The van der Waals surface area contributed by atoms with E-state index in [1.807, 2.05) is 6.92 Å². The summed E-state index contributed by atoms with van der Waals surface area (Å²) in [4.78, 5) is 0. The van der Waals surface area contributed by atoms with Gasteiger partial charge in [-0.15, -0.1) is 12.4 Å². The van der Waals surface area contributed by atoms with Crippen molar-refractivity contribution in [1.29, 1.82) is 0 Å². The molecule has 0 aliphatic carbocycles. The molecule has 62 valence electrons. The van der Waals surface area contributed by atoms with Crippen molar-refractivity contribution >= 4 is 12.4 Å². The van der Waals surface area contributed by atoms with Crippen molar-refractivity contribution in [2.45, 2.75) is 38.4 Å². The first-order chi connectivity index (χ1) is 4.22. The zero-order chi connectivity index (χ0) is 6.85. The molecule has 0 amide bonds. The van der Waals surface area contributed by atoms with Gasteiger partial charge in [0, 0.05) is 6.04 Å². The molecular formula is C6H15ClN2O. The van der Waals surface area contributed by atoms with Crippen LogP contribution in [0.25, 0.3) is 0 Å². The Labute approximate surface area is 67.6 Å². The lowest BCUT2D eigenvalue weighted by Crippen LogP contribution is -2.47. The number of rotatable bonds is 0. The van der Waals surface area contributed by atoms with Crippen LogP contribution in [0.3, 0.4) is 0 Å². The highest BCUT2D eigenvalue weighted by Gasteiger charge is 2.22. The van der Waals surface area contributed by atoms with E-state index < -0.39 is 0 Å². The lowest BCUT2D eigenvalue weighted by atomic mass is 10.0. The van der Waals surface area contributed by atoms with Gasteiger partial charge in [0.1, 0.15) is 0 Å². The van der Waals surface area contributed by atoms with E-state index in [1.165, 1.54) is 5.06 Å². The molecule has 0 aromatic carbocycles.